The van der Waals surface area contributed by atoms with Gasteiger partial charge in [-0.15, -0.1) is 0 Å². The normalized spacial score (nSPS) is 20.7. The Hall–Kier alpha value is -3.41. The standard InChI is InChI=1S/C27H32N4O2/c1-4-22-17-28-27(29-18-22)33-19-24-14-10-16-31(24)26(32)25(30-15-9-8-11-20(30)2)21(3)23-12-6-5-7-13-23/h5-9,11-13,15,17-18,20,24H,4,10,14,16,19H2,1-3H3/b25-21+. The number of aryl methyl sites for hydroxylation is 1. The van der Waals surface area contributed by atoms with E-state index in [4.69, 9.17) is 4.74 Å². The summed E-state index contributed by atoms with van der Waals surface area (Å²) in [5.74, 6) is 0.0384. The number of rotatable bonds is 7. The molecule has 0 N–H and O–H groups in total. The van der Waals surface area contributed by atoms with E-state index in [9.17, 15) is 4.79 Å². The Morgan fingerprint density at radius 3 is 2.61 bits per heavy atom. The van der Waals surface area contributed by atoms with Gasteiger partial charge in [-0.3, -0.25) is 4.79 Å². The lowest BCUT2D eigenvalue weighted by molar-refractivity contribution is -0.129. The molecule has 0 aliphatic carbocycles. The highest BCUT2D eigenvalue weighted by molar-refractivity contribution is 6.01. The highest BCUT2D eigenvalue weighted by atomic mass is 16.5. The molecule has 0 saturated carbocycles. The van der Waals surface area contributed by atoms with Crippen LogP contribution in [-0.4, -0.2) is 50.9 Å². The van der Waals surface area contributed by atoms with Crippen LogP contribution in [0, 0.1) is 0 Å². The number of ether oxygens (including phenoxy) is 1. The highest BCUT2D eigenvalue weighted by Gasteiger charge is 2.35. The van der Waals surface area contributed by atoms with Crippen molar-refractivity contribution in [2.75, 3.05) is 13.2 Å². The van der Waals surface area contributed by atoms with Crippen LogP contribution in [-0.2, 0) is 11.2 Å². The van der Waals surface area contributed by atoms with Crippen LogP contribution in [0.4, 0.5) is 0 Å². The Morgan fingerprint density at radius 1 is 1.15 bits per heavy atom. The van der Waals surface area contributed by atoms with E-state index in [2.05, 4.69) is 46.9 Å². The molecule has 1 aromatic carbocycles. The second kappa shape index (κ2) is 10.5. The van der Waals surface area contributed by atoms with Gasteiger partial charge in [-0.2, -0.15) is 0 Å². The fourth-order valence-electron chi connectivity index (χ4n) is 4.35. The number of hydrogen-bond acceptors (Lipinski definition) is 5. The molecule has 2 aliphatic heterocycles. The van der Waals surface area contributed by atoms with Gasteiger partial charge < -0.3 is 14.5 Å². The second-order valence-corrected chi connectivity index (χ2v) is 8.55. The SMILES string of the molecule is CCc1cnc(OCC2CCCN2C(=O)/C(=C(/C)c2ccccc2)N2C=CC=CC2C)nc1. The molecule has 6 heteroatoms. The first-order valence-corrected chi connectivity index (χ1v) is 11.7. The number of aromatic nitrogens is 2. The summed E-state index contributed by atoms with van der Waals surface area (Å²) in [6.07, 6.45) is 14.4. The summed E-state index contributed by atoms with van der Waals surface area (Å²) in [5, 5.41) is 0. The maximum Gasteiger partial charge on any atom is 0.316 e. The first kappa shape index (κ1) is 22.8. The molecule has 0 spiro atoms. The summed E-state index contributed by atoms with van der Waals surface area (Å²) in [6.45, 7) is 7.31. The molecule has 0 radical (unpaired) electrons. The number of carbonyl (C=O) groups excluding carboxylic acids is 1. The minimum atomic E-state index is -0.00913. The Bertz CT molecular complexity index is 1040. The van der Waals surface area contributed by atoms with Crippen molar-refractivity contribution in [2.24, 2.45) is 0 Å². The van der Waals surface area contributed by atoms with Crippen LogP contribution in [0.5, 0.6) is 6.01 Å². The van der Waals surface area contributed by atoms with Crippen LogP contribution >= 0.6 is 0 Å². The van der Waals surface area contributed by atoms with Crippen LogP contribution in [0.15, 0.2) is 72.9 Å². The van der Waals surface area contributed by atoms with Crippen LogP contribution < -0.4 is 4.74 Å². The zero-order valence-electron chi connectivity index (χ0n) is 19.6. The lowest BCUT2D eigenvalue weighted by Gasteiger charge is -2.34. The van der Waals surface area contributed by atoms with Gasteiger partial charge in [0, 0.05) is 31.2 Å². The third kappa shape index (κ3) is 5.16. The highest BCUT2D eigenvalue weighted by Crippen LogP contribution is 2.29. The lowest BCUT2D eigenvalue weighted by Crippen LogP contribution is -2.44. The smallest absolute Gasteiger partial charge is 0.316 e. The van der Waals surface area contributed by atoms with Gasteiger partial charge in [0.25, 0.3) is 5.91 Å². The van der Waals surface area contributed by atoms with E-state index in [0.717, 1.165) is 42.5 Å². The van der Waals surface area contributed by atoms with E-state index in [0.29, 0.717) is 18.3 Å². The van der Waals surface area contributed by atoms with E-state index in [1.807, 2.05) is 48.4 Å². The molecule has 1 amide bonds. The molecule has 1 fully saturated rings. The first-order chi connectivity index (χ1) is 16.1. The van der Waals surface area contributed by atoms with Crippen LogP contribution in [0.3, 0.4) is 0 Å². The molecule has 2 unspecified atom stereocenters. The third-order valence-corrected chi connectivity index (χ3v) is 6.34. The quantitative estimate of drug-likeness (QED) is 0.584. The number of amides is 1. The monoisotopic (exact) mass is 444 g/mol. The molecule has 1 saturated heterocycles. The van der Waals surface area contributed by atoms with Gasteiger partial charge in [0.15, 0.2) is 0 Å². The molecule has 172 valence electrons. The van der Waals surface area contributed by atoms with E-state index in [1.54, 1.807) is 12.4 Å². The van der Waals surface area contributed by atoms with Crippen LogP contribution in [0.1, 0.15) is 44.7 Å². The Balaban J connectivity index is 1.58. The Labute approximate surface area is 196 Å². The molecule has 33 heavy (non-hydrogen) atoms. The number of allylic oxidation sites excluding steroid dienone is 3. The predicted molar refractivity (Wildman–Crippen MR) is 130 cm³/mol. The molecule has 6 nitrogen and oxygen atoms in total. The summed E-state index contributed by atoms with van der Waals surface area (Å²) in [4.78, 5) is 26.6. The van der Waals surface area contributed by atoms with Gasteiger partial charge in [0.1, 0.15) is 12.3 Å². The fourth-order valence-corrected chi connectivity index (χ4v) is 4.35. The van der Waals surface area contributed by atoms with E-state index in [1.165, 1.54) is 0 Å². The minimum absolute atomic E-state index is 0.00913. The number of benzene rings is 1. The van der Waals surface area contributed by atoms with Crippen molar-refractivity contribution in [3.8, 4) is 6.01 Å². The number of nitrogens with zero attached hydrogens (tertiary/aromatic N) is 4. The summed E-state index contributed by atoms with van der Waals surface area (Å²) in [7, 11) is 0. The summed E-state index contributed by atoms with van der Waals surface area (Å²) in [6, 6.07) is 10.6. The molecule has 1 aromatic heterocycles. The molecule has 0 bridgehead atoms. The van der Waals surface area contributed by atoms with Gasteiger partial charge in [-0.25, -0.2) is 9.97 Å². The van der Waals surface area contributed by atoms with Crippen molar-refractivity contribution >= 4 is 11.5 Å². The number of hydrogen-bond donors (Lipinski definition) is 0. The van der Waals surface area contributed by atoms with Crippen molar-refractivity contribution in [1.29, 1.82) is 0 Å². The van der Waals surface area contributed by atoms with E-state index >= 15 is 0 Å². The van der Waals surface area contributed by atoms with Crippen LogP contribution in [0.25, 0.3) is 5.57 Å². The fraction of sp³-hybridized carbons (Fsp3) is 0.370. The number of likely N-dealkylation sites (tertiary alicyclic amines) is 1. The first-order valence-electron chi connectivity index (χ1n) is 11.7. The van der Waals surface area contributed by atoms with Gasteiger partial charge >= 0.3 is 6.01 Å². The zero-order chi connectivity index (χ0) is 23.2. The van der Waals surface area contributed by atoms with Crippen molar-refractivity contribution in [3.05, 3.63) is 84.0 Å². The molecule has 3 heterocycles. The Kier molecular flexibility index (Phi) is 7.23. The van der Waals surface area contributed by atoms with E-state index < -0.39 is 0 Å². The van der Waals surface area contributed by atoms with Crippen molar-refractivity contribution in [1.82, 2.24) is 19.8 Å². The molecule has 2 atom stereocenters. The van der Waals surface area contributed by atoms with Gasteiger partial charge in [0.2, 0.25) is 0 Å². The minimum Gasteiger partial charge on any atom is -0.461 e. The van der Waals surface area contributed by atoms with Gasteiger partial charge in [-0.05, 0) is 55.9 Å². The summed E-state index contributed by atoms with van der Waals surface area (Å²) >= 11 is 0. The maximum atomic E-state index is 14.0. The van der Waals surface area contributed by atoms with Gasteiger partial charge in [-0.1, -0.05) is 49.4 Å². The summed E-state index contributed by atoms with van der Waals surface area (Å²) < 4.78 is 5.89. The third-order valence-electron chi connectivity index (χ3n) is 6.34. The van der Waals surface area contributed by atoms with Crippen molar-refractivity contribution in [3.63, 3.8) is 0 Å². The average Bonchev–Trinajstić information content (AvgIpc) is 3.33. The number of carbonyl (C=O) groups is 1. The average molecular weight is 445 g/mol. The van der Waals surface area contributed by atoms with Gasteiger partial charge in [0.05, 0.1) is 6.04 Å². The Morgan fingerprint density at radius 2 is 1.91 bits per heavy atom. The molecule has 2 aromatic rings. The second-order valence-electron chi connectivity index (χ2n) is 8.55. The predicted octanol–water partition coefficient (Wildman–Crippen LogP) is 4.61. The topological polar surface area (TPSA) is 58.6 Å². The molecule has 2 aliphatic rings. The summed E-state index contributed by atoms with van der Waals surface area (Å²) in [5.41, 5.74) is 3.80. The maximum absolute atomic E-state index is 14.0. The molecule has 4 rings (SSSR count). The van der Waals surface area contributed by atoms with Crippen LogP contribution in [0.2, 0.25) is 0 Å². The molecular formula is C27H32N4O2. The van der Waals surface area contributed by atoms with E-state index in [-0.39, 0.29) is 18.0 Å². The lowest BCUT2D eigenvalue weighted by atomic mass is 10.0. The largest absolute Gasteiger partial charge is 0.461 e. The van der Waals surface area contributed by atoms with Crippen molar-refractivity contribution in [2.45, 2.75) is 52.1 Å². The zero-order valence-corrected chi connectivity index (χ0v) is 19.6. The molecular weight excluding hydrogens is 412 g/mol. The van der Waals surface area contributed by atoms with Crippen molar-refractivity contribution < 1.29 is 9.53 Å².